The van der Waals surface area contributed by atoms with Gasteiger partial charge in [-0.25, -0.2) is 0 Å². The van der Waals surface area contributed by atoms with Crippen LogP contribution in [0.1, 0.15) is 25.0 Å². The zero-order chi connectivity index (χ0) is 13.7. The molecule has 0 spiro atoms. The van der Waals surface area contributed by atoms with Gasteiger partial charge in [0.15, 0.2) is 0 Å². The number of nitrogens with zero attached hydrogens (tertiary/aromatic N) is 1. The Kier molecular flexibility index (Phi) is 4.97. The molecule has 0 unspecified atom stereocenters. The maximum Gasteiger partial charge on any atom is 0.0278 e. The van der Waals surface area contributed by atoms with Gasteiger partial charge in [0.25, 0.3) is 0 Å². The minimum atomic E-state index is 0.227. The normalized spacial score (nSPS) is 17.6. The van der Waals surface area contributed by atoms with Crippen LogP contribution in [0.3, 0.4) is 0 Å². The lowest BCUT2D eigenvalue weighted by Gasteiger charge is -2.41. The summed E-state index contributed by atoms with van der Waals surface area (Å²) in [6, 6.07) is 8.60. The Hall–Kier alpha value is -0.900. The molecule has 1 aliphatic rings. The van der Waals surface area contributed by atoms with Crippen molar-refractivity contribution in [3.63, 3.8) is 0 Å². The quantitative estimate of drug-likeness (QED) is 0.846. The van der Waals surface area contributed by atoms with Crippen molar-refractivity contribution in [2.45, 2.75) is 32.9 Å². The molecule has 2 rings (SSSR count). The van der Waals surface area contributed by atoms with Crippen LogP contribution in [0.2, 0.25) is 0 Å². The summed E-state index contributed by atoms with van der Waals surface area (Å²) < 4.78 is 0. The van der Waals surface area contributed by atoms with Crippen LogP contribution in [0.15, 0.2) is 24.3 Å². The van der Waals surface area contributed by atoms with Crippen LogP contribution in [-0.2, 0) is 6.54 Å². The monoisotopic (exact) mass is 261 g/mol. The van der Waals surface area contributed by atoms with Crippen molar-refractivity contribution in [1.29, 1.82) is 0 Å². The number of nitrogens with one attached hydrogen (secondary N) is 2. The Morgan fingerprint density at radius 1 is 1.21 bits per heavy atom. The van der Waals surface area contributed by atoms with E-state index >= 15 is 0 Å². The predicted octanol–water partition coefficient (Wildman–Crippen LogP) is 1.77. The van der Waals surface area contributed by atoms with E-state index in [1.54, 1.807) is 0 Å². The van der Waals surface area contributed by atoms with E-state index in [1.165, 1.54) is 11.1 Å². The molecule has 1 fully saturated rings. The van der Waals surface area contributed by atoms with Crippen molar-refractivity contribution >= 4 is 0 Å². The summed E-state index contributed by atoms with van der Waals surface area (Å²) in [6.07, 6.45) is 0. The zero-order valence-corrected chi connectivity index (χ0v) is 12.5. The van der Waals surface area contributed by atoms with Gasteiger partial charge in [0.05, 0.1) is 0 Å². The van der Waals surface area contributed by atoms with Crippen LogP contribution in [-0.4, -0.2) is 43.2 Å². The lowest BCUT2D eigenvalue weighted by molar-refractivity contribution is 0.102. The third kappa shape index (κ3) is 4.03. The lowest BCUT2D eigenvalue weighted by atomic mass is 10.0. The molecule has 0 radical (unpaired) electrons. The maximum absolute atomic E-state index is 3.62. The van der Waals surface area contributed by atoms with Crippen LogP contribution in [0.25, 0.3) is 0 Å². The molecule has 1 aromatic carbocycles. The molecule has 3 nitrogen and oxygen atoms in total. The summed E-state index contributed by atoms with van der Waals surface area (Å²) in [5.74, 6) is 0. The molecule has 3 heteroatoms. The molecule has 0 atom stereocenters. The van der Waals surface area contributed by atoms with E-state index in [1.807, 2.05) is 0 Å². The van der Waals surface area contributed by atoms with E-state index in [0.29, 0.717) is 0 Å². The van der Waals surface area contributed by atoms with Gasteiger partial charge >= 0.3 is 0 Å². The van der Waals surface area contributed by atoms with Gasteiger partial charge in [0.1, 0.15) is 0 Å². The van der Waals surface area contributed by atoms with Crippen molar-refractivity contribution in [3.8, 4) is 0 Å². The van der Waals surface area contributed by atoms with Crippen LogP contribution in [0.5, 0.6) is 0 Å². The van der Waals surface area contributed by atoms with E-state index in [0.717, 1.165) is 39.3 Å². The summed E-state index contributed by atoms with van der Waals surface area (Å²) >= 11 is 0. The van der Waals surface area contributed by atoms with Crippen LogP contribution >= 0.6 is 0 Å². The molecule has 1 aliphatic heterocycles. The number of benzene rings is 1. The summed E-state index contributed by atoms with van der Waals surface area (Å²) in [4.78, 5) is 2.58. The molecule has 0 amide bonds. The molecule has 106 valence electrons. The Bertz CT molecular complexity index is 395. The van der Waals surface area contributed by atoms with Gasteiger partial charge in [-0.05, 0) is 31.9 Å². The van der Waals surface area contributed by atoms with E-state index in [-0.39, 0.29) is 5.54 Å². The Morgan fingerprint density at radius 2 is 1.89 bits per heavy atom. The molecule has 2 N–H and O–H groups in total. The number of aryl methyl sites for hydroxylation is 1. The van der Waals surface area contributed by atoms with Gasteiger partial charge in [-0.15, -0.1) is 0 Å². The van der Waals surface area contributed by atoms with Crippen molar-refractivity contribution < 1.29 is 0 Å². The fourth-order valence-electron chi connectivity index (χ4n) is 2.69. The smallest absolute Gasteiger partial charge is 0.0278 e. The molecule has 0 aromatic heterocycles. The van der Waals surface area contributed by atoms with Gasteiger partial charge < -0.3 is 10.6 Å². The second-order valence-electron chi connectivity index (χ2n) is 6.08. The van der Waals surface area contributed by atoms with Gasteiger partial charge in [-0.1, -0.05) is 24.3 Å². The molecular formula is C16H27N3. The standard InChI is InChI=1S/C16H27N3/c1-14-6-4-5-7-15(14)12-18-13-16(2,3)19-10-8-17-9-11-19/h4-7,17-18H,8-13H2,1-3H3. The van der Waals surface area contributed by atoms with Crippen molar-refractivity contribution in [2.24, 2.45) is 0 Å². The molecule has 0 saturated carbocycles. The molecule has 0 bridgehead atoms. The van der Waals surface area contributed by atoms with E-state index < -0.39 is 0 Å². The third-order valence-corrected chi connectivity index (χ3v) is 4.11. The van der Waals surface area contributed by atoms with Crippen LogP contribution < -0.4 is 10.6 Å². The Labute approximate surface area is 117 Å². The van der Waals surface area contributed by atoms with Gasteiger partial charge in [0.2, 0.25) is 0 Å². The summed E-state index contributed by atoms with van der Waals surface area (Å²) in [5, 5.41) is 7.03. The topological polar surface area (TPSA) is 27.3 Å². The first kappa shape index (κ1) is 14.5. The minimum absolute atomic E-state index is 0.227. The predicted molar refractivity (Wildman–Crippen MR) is 81.4 cm³/mol. The molecular weight excluding hydrogens is 234 g/mol. The fourth-order valence-corrected chi connectivity index (χ4v) is 2.69. The molecule has 19 heavy (non-hydrogen) atoms. The highest BCUT2D eigenvalue weighted by atomic mass is 15.2. The van der Waals surface area contributed by atoms with Crippen LogP contribution in [0, 0.1) is 6.92 Å². The maximum atomic E-state index is 3.62. The highest BCUT2D eigenvalue weighted by molar-refractivity contribution is 5.25. The highest BCUT2D eigenvalue weighted by Crippen LogP contribution is 2.14. The summed E-state index contributed by atoms with van der Waals surface area (Å²) in [6.45, 7) is 13.4. The SMILES string of the molecule is Cc1ccccc1CNCC(C)(C)N1CCNCC1. The van der Waals surface area contributed by atoms with Gasteiger partial charge in [-0.2, -0.15) is 0 Å². The van der Waals surface area contributed by atoms with Crippen LogP contribution in [0.4, 0.5) is 0 Å². The molecule has 1 aromatic rings. The average molecular weight is 261 g/mol. The second-order valence-corrected chi connectivity index (χ2v) is 6.08. The van der Waals surface area contributed by atoms with E-state index in [9.17, 15) is 0 Å². The highest BCUT2D eigenvalue weighted by Gasteiger charge is 2.27. The molecule has 0 aliphatic carbocycles. The summed E-state index contributed by atoms with van der Waals surface area (Å²) in [5.41, 5.74) is 3.00. The Morgan fingerprint density at radius 3 is 2.58 bits per heavy atom. The van der Waals surface area contributed by atoms with Gasteiger partial charge in [-0.3, -0.25) is 4.90 Å². The lowest BCUT2D eigenvalue weighted by Crippen LogP contribution is -2.57. The molecule has 1 saturated heterocycles. The van der Waals surface area contributed by atoms with Crippen molar-refractivity contribution in [3.05, 3.63) is 35.4 Å². The number of piperazine rings is 1. The molecule has 1 heterocycles. The number of hydrogen-bond acceptors (Lipinski definition) is 3. The summed E-state index contributed by atoms with van der Waals surface area (Å²) in [7, 11) is 0. The largest absolute Gasteiger partial charge is 0.314 e. The first-order valence-corrected chi connectivity index (χ1v) is 7.30. The van der Waals surface area contributed by atoms with Gasteiger partial charge in [0, 0.05) is 44.8 Å². The van der Waals surface area contributed by atoms with E-state index in [4.69, 9.17) is 0 Å². The second kappa shape index (κ2) is 6.51. The van der Waals surface area contributed by atoms with Crippen molar-refractivity contribution in [2.75, 3.05) is 32.7 Å². The zero-order valence-electron chi connectivity index (χ0n) is 12.5. The minimum Gasteiger partial charge on any atom is -0.314 e. The van der Waals surface area contributed by atoms with Crippen molar-refractivity contribution in [1.82, 2.24) is 15.5 Å². The number of hydrogen-bond donors (Lipinski definition) is 2. The Balaban J connectivity index is 1.82. The van der Waals surface area contributed by atoms with E-state index in [2.05, 4.69) is 60.6 Å². The first-order chi connectivity index (χ1) is 9.09. The fraction of sp³-hybridized carbons (Fsp3) is 0.625. The first-order valence-electron chi connectivity index (χ1n) is 7.30. The number of rotatable bonds is 5. The average Bonchev–Trinajstić information content (AvgIpc) is 2.42. The third-order valence-electron chi connectivity index (χ3n) is 4.11.